The molecule has 31 heavy (non-hydrogen) atoms. The number of aromatic amines is 1. The Balaban J connectivity index is 1.43. The van der Waals surface area contributed by atoms with Crippen LogP contribution in [0.3, 0.4) is 0 Å². The number of nitrogens with one attached hydrogen (secondary N) is 2. The number of fused-ring (bicyclic) bond motifs is 2. The zero-order chi connectivity index (χ0) is 20.8. The van der Waals surface area contributed by atoms with Crippen LogP contribution < -0.4 is 10.2 Å². The van der Waals surface area contributed by atoms with Gasteiger partial charge in [0.1, 0.15) is 11.1 Å². The lowest BCUT2D eigenvalue weighted by Crippen LogP contribution is -2.14. The molecule has 0 saturated carbocycles. The van der Waals surface area contributed by atoms with Crippen LogP contribution in [0.25, 0.3) is 33.5 Å². The fourth-order valence-electron chi connectivity index (χ4n) is 4.03. The maximum atomic E-state index is 5.28. The van der Waals surface area contributed by atoms with Gasteiger partial charge in [0.05, 0.1) is 12.8 Å². The molecule has 2 aromatic heterocycles. The average Bonchev–Trinajstić information content (AvgIpc) is 3.52. The summed E-state index contributed by atoms with van der Waals surface area (Å²) in [5, 5.41) is 10.9. The molecule has 1 aliphatic heterocycles. The minimum absolute atomic E-state index is 0.00820. The lowest BCUT2D eigenvalue weighted by atomic mass is 10.1. The number of benzene rings is 3. The number of nitrogens with zero attached hydrogens (tertiary/aromatic N) is 3. The maximum Gasteiger partial charge on any atom is 0.212 e. The van der Waals surface area contributed by atoms with Gasteiger partial charge < -0.3 is 15.1 Å². The van der Waals surface area contributed by atoms with Crippen molar-refractivity contribution in [1.82, 2.24) is 19.9 Å². The molecule has 0 fully saturated rings. The van der Waals surface area contributed by atoms with Gasteiger partial charge in [-0.25, -0.2) is 4.68 Å². The summed E-state index contributed by atoms with van der Waals surface area (Å²) in [5.74, 6) is 1.60. The summed E-state index contributed by atoms with van der Waals surface area (Å²) in [5.41, 5.74) is 9.23. The van der Waals surface area contributed by atoms with E-state index in [0.29, 0.717) is 0 Å². The molecule has 7 heteroatoms. The van der Waals surface area contributed by atoms with Crippen molar-refractivity contribution in [2.24, 2.45) is 0 Å². The predicted molar refractivity (Wildman–Crippen MR) is 124 cm³/mol. The Morgan fingerprint density at radius 3 is 2.45 bits per heavy atom. The summed E-state index contributed by atoms with van der Waals surface area (Å²) >= 11 is 1.67. The highest BCUT2D eigenvalue weighted by Gasteiger charge is 2.32. The lowest BCUT2D eigenvalue weighted by molar-refractivity contribution is 0.415. The number of thioether (sulfide) groups is 1. The van der Waals surface area contributed by atoms with E-state index < -0.39 is 0 Å². The van der Waals surface area contributed by atoms with E-state index in [0.717, 1.165) is 39.1 Å². The van der Waals surface area contributed by atoms with E-state index in [9.17, 15) is 0 Å². The van der Waals surface area contributed by atoms with Crippen LogP contribution in [0.5, 0.6) is 5.75 Å². The van der Waals surface area contributed by atoms with Crippen LogP contribution in [-0.2, 0) is 0 Å². The fourth-order valence-corrected chi connectivity index (χ4v) is 5.09. The van der Waals surface area contributed by atoms with Gasteiger partial charge in [-0.15, -0.1) is 10.2 Å². The first-order valence-electron chi connectivity index (χ1n) is 10.0. The molecule has 0 aliphatic carbocycles. The van der Waals surface area contributed by atoms with E-state index in [4.69, 9.17) is 4.74 Å². The molecule has 0 saturated heterocycles. The van der Waals surface area contributed by atoms with Gasteiger partial charge in [-0.1, -0.05) is 60.3 Å². The summed E-state index contributed by atoms with van der Waals surface area (Å²) in [7, 11) is 1.66. The molecule has 6 nitrogen and oxygen atoms in total. The minimum Gasteiger partial charge on any atom is -0.497 e. The predicted octanol–water partition coefficient (Wildman–Crippen LogP) is 5.45. The monoisotopic (exact) mass is 425 g/mol. The van der Waals surface area contributed by atoms with Crippen molar-refractivity contribution in [3.63, 3.8) is 0 Å². The third kappa shape index (κ3) is 2.97. The molecule has 0 bridgehead atoms. The number of aromatic nitrogens is 4. The van der Waals surface area contributed by atoms with Crippen LogP contribution in [0.4, 0.5) is 0 Å². The first-order chi connectivity index (χ1) is 15.3. The van der Waals surface area contributed by atoms with Gasteiger partial charge in [-0.2, -0.15) is 0 Å². The second kappa shape index (κ2) is 7.21. The molecule has 152 valence electrons. The summed E-state index contributed by atoms with van der Waals surface area (Å²) in [6.07, 6.45) is 0. The minimum atomic E-state index is 0.00820. The maximum absolute atomic E-state index is 5.28. The van der Waals surface area contributed by atoms with Crippen LogP contribution in [0.1, 0.15) is 10.9 Å². The molecule has 0 amide bonds. The average molecular weight is 426 g/mol. The van der Waals surface area contributed by atoms with Crippen LogP contribution in [-0.4, -0.2) is 27.0 Å². The normalized spacial score (nSPS) is 15.1. The molecule has 1 aliphatic rings. The Hall–Kier alpha value is -3.71. The Kier molecular flexibility index (Phi) is 4.21. The fraction of sp³-hybridized carbons (Fsp3) is 0.0833. The third-order valence-electron chi connectivity index (χ3n) is 5.52. The van der Waals surface area contributed by atoms with E-state index in [1.54, 1.807) is 18.9 Å². The van der Waals surface area contributed by atoms with Crippen LogP contribution in [0, 0.1) is 0 Å². The quantitative estimate of drug-likeness (QED) is 0.401. The zero-order valence-electron chi connectivity index (χ0n) is 16.7. The molecule has 5 aromatic rings. The molecule has 1 unspecified atom stereocenters. The van der Waals surface area contributed by atoms with Crippen molar-refractivity contribution in [2.45, 2.75) is 10.5 Å². The van der Waals surface area contributed by atoms with E-state index in [1.807, 2.05) is 35.0 Å². The molecule has 3 aromatic carbocycles. The summed E-state index contributed by atoms with van der Waals surface area (Å²) in [6, 6.07) is 26.7. The highest BCUT2D eigenvalue weighted by atomic mass is 32.2. The first kappa shape index (κ1) is 18.1. The number of hydrogen-bond acceptors (Lipinski definition) is 5. The number of rotatable bonds is 4. The zero-order valence-corrected chi connectivity index (χ0v) is 17.6. The van der Waals surface area contributed by atoms with Crippen molar-refractivity contribution in [2.75, 3.05) is 12.5 Å². The molecule has 2 N–H and O–H groups in total. The largest absolute Gasteiger partial charge is 0.497 e. The number of para-hydroxylation sites is 1. The molecule has 1 atom stereocenters. The Morgan fingerprint density at radius 1 is 0.871 bits per heavy atom. The van der Waals surface area contributed by atoms with Crippen LogP contribution in [0.15, 0.2) is 84.0 Å². The Morgan fingerprint density at radius 2 is 1.65 bits per heavy atom. The second-order valence-corrected chi connectivity index (χ2v) is 8.39. The number of ether oxygens (including phenoxy) is 1. The van der Waals surface area contributed by atoms with E-state index in [2.05, 4.69) is 69.1 Å². The third-order valence-corrected chi connectivity index (χ3v) is 6.57. The SMILES string of the molecule is COc1ccc(-c2nnc3n2NC(c2c(-c4ccccc4)[nH]c4ccccc24)S3)cc1. The van der Waals surface area contributed by atoms with Crippen molar-refractivity contribution in [1.29, 1.82) is 0 Å². The van der Waals surface area contributed by atoms with E-state index >= 15 is 0 Å². The smallest absolute Gasteiger partial charge is 0.212 e. The number of methoxy groups -OCH3 is 1. The summed E-state index contributed by atoms with van der Waals surface area (Å²) in [4.78, 5) is 3.62. The van der Waals surface area contributed by atoms with Crippen molar-refractivity contribution in [3.05, 3.63) is 84.4 Å². The van der Waals surface area contributed by atoms with E-state index in [-0.39, 0.29) is 5.37 Å². The Labute approximate surface area is 183 Å². The number of hydrogen-bond donors (Lipinski definition) is 2. The first-order valence-corrected chi connectivity index (χ1v) is 10.9. The van der Waals surface area contributed by atoms with Crippen LogP contribution >= 0.6 is 11.8 Å². The molecule has 6 rings (SSSR count). The van der Waals surface area contributed by atoms with Gasteiger partial charge in [0.15, 0.2) is 5.82 Å². The molecule has 3 heterocycles. The highest BCUT2D eigenvalue weighted by Crippen LogP contribution is 2.46. The number of H-pyrrole nitrogens is 1. The molecule has 0 spiro atoms. The standard InChI is InChI=1S/C24H19N5OS/c1-30-17-13-11-16(12-14-17)22-26-27-24-29(22)28-23(31-24)20-18-9-5-6-10-19(18)25-21(20)15-7-3-2-4-8-15/h2-14,23,25,28H,1H3. The lowest BCUT2D eigenvalue weighted by Gasteiger charge is -2.14. The second-order valence-electron chi connectivity index (χ2n) is 7.32. The van der Waals surface area contributed by atoms with Crippen LogP contribution in [0.2, 0.25) is 0 Å². The summed E-state index contributed by atoms with van der Waals surface area (Å²) < 4.78 is 7.26. The summed E-state index contributed by atoms with van der Waals surface area (Å²) in [6.45, 7) is 0. The molecule has 0 radical (unpaired) electrons. The van der Waals surface area contributed by atoms with Gasteiger partial charge in [0.25, 0.3) is 0 Å². The van der Waals surface area contributed by atoms with Gasteiger partial charge in [-0.3, -0.25) is 0 Å². The Bertz CT molecular complexity index is 1370. The highest BCUT2D eigenvalue weighted by molar-refractivity contribution is 7.99. The van der Waals surface area contributed by atoms with Gasteiger partial charge in [0, 0.05) is 22.0 Å². The molecular formula is C24H19N5OS. The van der Waals surface area contributed by atoms with Gasteiger partial charge >= 0.3 is 0 Å². The topological polar surface area (TPSA) is 67.8 Å². The van der Waals surface area contributed by atoms with E-state index in [1.165, 1.54) is 10.9 Å². The van der Waals surface area contributed by atoms with Gasteiger partial charge in [0.2, 0.25) is 5.16 Å². The molecular weight excluding hydrogens is 406 g/mol. The van der Waals surface area contributed by atoms with Gasteiger partial charge in [-0.05, 0) is 35.9 Å². The van der Waals surface area contributed by atoms with Crippen molar-refractivity contribution in [3.8, 4) is 28.4 Å². The van der Waals surface area contributed by atoms with Crippen molar-refractivity contribution < 1.29 is 4.74 Å². The van der Waals surface area contributed by atoms with Crippen molar-refractivity contribution >= 4 is 22.7 Å².